The van der Waals surface area contributed by atoms with Crippen LogP contribution in [-0.2, 0) is 16.1 Å². The van der Waals surface area contributed by atoms with E-state index in [0.717, 1.165) is 25.0 Å². The first-order valence-corrected chi connectivity index (χ1v) is 7.92. The number of rotatable bonds is 7. The first-order valence-electron chi connectivity index (χ1n) is 7.92. The highest BCUT2D eigenvalue weighted by molar-refractivity contribution is 5.13. The van der Waals surface area contributed by atoms with Crippen LogP contribution in [-0.4, -0.2) is 19.8 Å². The second-order valence-corrected chi connectivity index (χ2v) is 6.20. The van der Waals surface area contributed by atoms with Gasteiger partial charge in [-0.05, 0) is 43.6 Å². The first kappa shape index (κ1) is 15.5. The Morgan fingerprint density at radius 2 is 1.90 bits per heavy atom. The highest BCUT2D eigenvalue weighted by Crippen LogP contribution is 2.32. The molecule has 2 rings (SSSR count). The van der Waals surface area contributed by atoms with Crippen molar-refractivity contribution in [2.24, 2.45) is 11.8 Å². The van der Waals surface area contributed by atoms with Crippen LogP contribution in [0.15, 0.2) is 30.3 Å². The van der Waals surface area contributed by atoms with Crippen LogP contribution < -0.4 is 0 Å². The van der Waals surface area contributed by atoms with Crippen molar-refractivity contribution in [3.63, 3.8) is 0 Å². The van der Waals surface area contributed by atoms with E-state index in [9.17, 15) is 0 Å². The van der Waals surface area contributed by atoms with Crippen molar-refractivity contribution in [1.82, 2.24) is 0 Å². The van der Waals surface area contributed by atoms with Gasteiger partial charge in [0.1, 0.15) is 0 Å². The summed E-state index contributed by atoms with van der Waals surface area (Å²) in [6, 6.07) is 10.4. The Balaban J connectivity index is 1.69. The zero-order valence-corrected chi connectivity index (χ0v) is 12.9. The summed E-state index contributed by atoms with van der Waals surface area (Å²) in [5.41, 5.74) is 1.26. The fraction of sp³-hybridized carbons (Fsp3) is 0.667. The summed E-state index contributed by atoms with van der Waals surface area (Å²) in [4.78, 5) is 0. The molecule has 0 spiro atoms. The van der Waals surface area contributed by atoms with Gasteiger partial charge < -0.3 is 9.47 Å². The van der Waals surface area contributed by atoms with Gasteiger partial charge in [0.15, 0.2) is 0 Å². The molecule has 0 N–H and O–H groups in total. The van der Waals surface area contributed by atoms with Crippen molar-refractivity contribution in [1.29, 1.82) is 0 Å². The van der Waals surface area contributed by atoms with Crippen LogP contribution >= 0.6 is 0 Å². The third kappa shape index (κ3) is 5.26. The van der Waals surface area contributed by atoms with Crippen molar-refractivity contribution >= 4 is 0 Å². The van der Waals surface area contributed by atoms with Gasteiger partial charge >= 0.3 is 0 Å². The smallest absolute Gasteiger partial charge is 0.0720 e. The fourth-order valence-corrected chi connectivity index (χ4v) is 3.35. The third-order valence-electron chi connectivity index (χ3n) is 4.34. The molecule has 1 aliphatic carbocycles. The maximum Gasteiger partial charge on any atom is 0.0720 e. The number of benzene rings is 1. The van der Waals surface area contributed by atoms with E-state index in [2.05, 4.69) is 31.2 Å². The van der Waals surface area contributed by atoms with Crippen LogP contribution in [0.4, 0.5) is 0 Å². The van der Waals surface area contributed by atoms with Gasteiger partial charge in [-0.15, -0.1) is 0 Å². The predicted molar refractivity (Wildman–Crippen MR) is 82.6 cm³/mol. The molecule has 2 heteroatoms. The van der Waals surface area contributed by atoms with Crippen LogP contribution in [0.2, 0.25) is 0 Å². The molecule has 20 heavy (non-hydrogen) atoms. The molecule has 0 radical (unpaired) electrons. The summed E-state index contributed by atoms with van der Waals surface area (Å²) in [5.74, 6) is 1.58. The van der Waals surface area contributed by atoms with Gasteiger partial charge in [-0.2, -0.15) is 0 Å². The van der Waals surface area contributed by atoms with E-state index < -0.39 is 0 Å². The van der Waals surface area contributed by atoms with Gasteiger partial charge in [-0.3, -0.25) is 0 Å². The Kier molecular flexibility index (Phi) is 6.55. The van der Waals surface area contributed by atoms with Crippen LogP contribution in [0.3, 0.4) is 0 Å². The molecule has 1 aliphatic rings. The normalized spacial score (nSPS) is 24.5. The number of methoxy groups -OCH3 is 1. The molecule has 0 saturated heterocycles. The van der Waals surface area contributed by atoms with E-state index in [1.807, 2.05) is 13.2 Å². The minimum atomic E-state index is 0.349. The Hall–Kier alpha value is -0.860. The SMILES string of the molecule is COCC1CCCC(CC(C)OCc2ccccc2)C1. The van der Waals surface area contributed by atoms with Crippen LogP contribution in [0.5, 0.6) is 0 Å². The van der Waals surface area contributed by atoms with E-state index in [4.69, 9.17) is 9.47 Å². The Bertz CT molecular complexity index is 361. The van der Waals surface area contributed by atoms with Gasteiger partial charge in [0.05, 0.1) is 12.7 Å². The number of ether oxygens (including phenoxy) is 2. The summed E-state index contributed by atoms with van der Waals surface area (Å²) in [7, 11) is 1.81. The van der Waals surface area contributed by atoms with Gasteiger partial charge in [0.25, 0.3) is 0 Å². The van der Waals surface area contributed by atoms with Gasteiger partial charge in [0, 0.05) is 13.7 Å². The molecule has 1 aromatic rings. The lowest BCUT2D eigenvalue weighted by Gasteiger charge is -2.30. The predicted octanol–water partition coefficient (Wildman–Crippen LogP) is 4.43. The van der Waals surface area contributed by atoms with E-state index in [1.165, 1.54) is 37.7 Å². The van der Waals surface area contributed by atoms with Crippen LogP contribution in [0.1, 0.15) is 44.6 Å². The second kappa shape index (κ2) is 8.43. The van der Waals surface area contributed by atoms with Crippen molar-refractivity contribution in [3.8, 4) is 0 Å². The third-order valence-corrected chi connectivity index (χ3v) is 4.34. The van der Waals surface area contributed by atoms with E-state index in [-0.39, 0.29) is 0 Å². The second-order valence-electron chi connectivity index (χ2n) is 6.20. The maximum atomic E-state index is 5.99. The summed E-state index contributed by atoms with van der Waals surface area (Å²) in [5, 5.41) is 0. The highest BCUT2D eigenvalue weighted by Gasteiger charge is 2.23. The van der Waals surface area contributed by atoms with Crippen LogP contribution in [0.25, 0.3) is 0 Å². The lowest BCUT2D eigenvalue weighted by Crippen LogP contribution is -2.23. The first-order chi connectivity index (χ1) is 9.78. The molecule has 1 aromatic carbocycles. The van der Waals surface area contributed by atoms with Crippen molar-refractivity contribution in [2.75, 3.05) is 13.7 Å². The molecule has 2 nitrogen and oxygen atoms in total. The maximum absolute atomic E-state index is 5.99. The van der Waals surface area contributed by atoms with Crippen molar-refractivity contribution in [3.05, 3.63) is 35.9 Å². The summed E-state index contributed by atoms with van der Waals surface area (Å²) >= 11 is 0. The molecule has 0 heterocycles. The summed E-state index contributed by atoms with van der Waals surface area (Å²) < 4.78 is 11.3. The summed E-state index contributed by atoms with van der Waals surface area (Å²) in [6.07, 6.45) is 6.90. The van der Waals surface area contributed by atoms with E-state index in [0.29, 0.717) is 6.10 Å². The van der Waals surface area contributed by atoms with E-state index >= 15 is 0 Å². The highest BCUT2D eigenvalue weighted by atomic mass is 16.5. The quantitative estimate of drug-likeness (QED) is 0.733. The van der Waals surface area contributed by atoms with Crippen molar-refractivity contribution in [2.45, 2.75) is 51.7 Å². The molecule has 0 bridgehead atoms. The average molecular weight is 276 g/mol. The average Bonchev–Trinajstić information content (AvgIpc) is 2.47. The topological polar surface area (TPSA) is 18.5 Å². The van der Waals surface area contributed by atoms with Crippen LogP contribution in [0, 0.1) is 11.8 Å². The Morgan fingerprint density at radius 3 is 2.65 bits per heavy atom. The monoisotopic (exact) mass is 276 g/mol. The van der Waals surface area contributed by atoms with Gasteiger partial charge in [-0.1, -0.05) is 43.2 Å². The minimum Gasteiger partial charge on any atom is -0.384 e. The number of hydrogen-bond acceptors (Lipinski definition) is 2. The van der Waals surface area contributed by atoms with E-state index in [1.54, 1.807) is 0 Å². The lowest BCUT2D eigenvalue weighted by atomic mass is 9.79. The molecular formula is C18H28O2. The van der Waals surface area contributed by atoms with Gasteiger partial charge in [-0.25, -0.2) is 0 Å². The Morgan fingerprint density at radius 1 is 1.15 bits per heavy atom. The van der Waals surface area contributed by atoms with Gasteiger partial charge in [0.2, 0.25) is 0 Å². The lowest BCUT2D eigenvalue weighted by molar-refractivity contribution is 0.0248. The zero-order valence-electron chi connectivity index (χ0n) is 12.9. The molecule has 0 aliphatic heterocycles. The zero-order chi connectivity index (χ0) is 14.2. The Labute approximate surface area is 123 Å². The molecular weight excluding hydrogens is 248 g/mol. The standard InChI is InChI=1S/C18H28O2/c1-15(20-14-16-7-4-3-5-8-16)11-17-9-6-10-18(12-17)13-19-2/h3-5,7-8,15,17-18H,6,9-14H2,1-2H3. The summed E-state index contributed by atoms with van der Waals surface area (Å²) in [6.45, 7) is 3.87. The molecule has 3 unspecified atom stereocenters. The molecule has 0 aromatic heterocycles. The molecule has 1 saturated carbocycles. The minimum absolute atomic E-state index is 0.349. The molecule has 112 valence electrons. The van der Waals surface area contributed by atoms with Crippen molar-refractivity contribution < 1.29 is 9.47 Å². The molecule has 1 fully saturated rings. The molecule has 3 atom stereocenters. The largest absolute Gasteiger partial charge is 0.384 e. The number of hydrogen-bond donors (Lipinski definition) is 0. The molecule has 0 amide bonds. The fourth-order valence-electron chi connectivity index (χ4n) is 3.35.